The highest BCUT2D eigenvalue weighted by molar-refractivity contribution is 8.00. The summed E-state index contributed by atoms with van der Waals surface area (Å²) in [6, 6.07) is 15.1. The molecule has 1 N–H and O–H groups in total. The standard InChI is InChI=1S/C26H27N3O5S/c30-23(28-12-13-35-24(28)25(31)32)19-5-3-4-17(14-19)16-29(21-15-27-10-8-18(21)9-11-27)20-6-1-2-7-22(20)34-26(29)33/h1-7,14,18,21,24H,8-13,15-16H2/p+1/t21-,24-,29?/m0/s1. The SMILES string of the molecule is O=C(O)[C@@H]1SCCN1C(=O)c1cccc(C[N+]2([C@H]3CN4CCC3CC4)C(=O)Oc3ccccc32)c1. The summed E-state index contributed by atoms with van der Waals surface area (Å²) in [5.74, 6) is 0.356. The van der Waals surface area contributed by atoms with Crippen LogP contribution >= 0.6 is 11.8 Å². The average molecular weight is 495 g/mol. The number of carboxylic acids is 1. The Kier molecular flexibility index (Phi) is 5.58. The maximum Gasteiger partial charge on any atom is 0.527 e. The molecule has 2 aromatic carbocycles. The molecule has 0 saturated carbocycles. The van der Waals surface area contributed by atoms with Crippen molar-refractivity contribution in [3.8, 4) is 5.75 Å². The van der Waals surface area contributed by atoms with E-state index < -0.39 is 11.3 Å². The molecule has 7 rings (SSSR count). The van der Waals surface area contributed by atoms with E-state index >= 15 is 0 Å². The molecule has 182 valence electrons. The number of carboxylic acid groups (broad SMARTS) is 1. The number of amides is 2. The molecule has 2 aromatic rings. The summed E-state index contributed by atoms with van der Waals surface area (Å²) >= 11 is 1.27. The number of benzene rings is 2. The number of piperidine rings is 3. The molecule has 5 heterocycles. The Morgan fingerprint density at radius 2 is 1.89 bits per heavy atom. The van der Waals surface area contributed by atoms with E-state index in [-0.39, 0.29) is 22.5 Å². The largest absolute Gasteiger partial charge is 0.527 e. The van der Waals surface area contributed by atoms with Gasteiger partial charge in [0.25, 0.3) is 5.91 Å². The number of carbonyl (C=O) groups is 3. The summed E-state index contributed by atoms with van der Waals surface area (Å²) in [7, 11) is 0. The third kappa shape index (κ3) is 3.64. The van der Waals surface area contributed by atoms with Crippen LogP contribution in [0.4, 0.5) is 10.5 Å². The highest BCUT2D eigenvalue weighted by Gasteiger charge is 2.59. The second-order valence-corrected chi connectivity index (χ2v) is 11.0. The number of rotatable bonds is 5. The van der Waals surface area contributed by atoms with Gasteiger partial charge in [0.15, 0.2) is 16.8 Å². The Labute approximate surface area is 208 Å². The lowest BCUT2D eigenvalue weighted by Crippen LogP contribution is -2.68. The van der Waals surface area contributed by atoms with Gasteiger partial charge < -0.3 is 14.7 Å². The number of fused-ring (bicyclic) bond motifs is 4. The number of aliphatic carboxylic acids is 1. The van der Waals surface area contributed by atoms with E-state index in [9.17, 15) is 19.5 Å². The van der Waals surface area contributed by atoms with Gasteiger partial charge in [-0.1, -0.05) is 24.3 Å². The molecule has 0 radical (unpaired) electrons. The van der Waals surface area contributed by atoms with E-state index in [1.165, 1.54) is 16.7 Å². The minimum Gasteiger partial charge on any atom is -0.479 e. The molecule has 5 aliphatic heterocycles. The quantitative estimate of drug-likeness (QED) is 0.638. The molecule has 35 heavy (non-hydrogen) atoms. The van der Waals surface area contributed by atoms with Crippen LogP contribution in [-0.4, -0.2) is 76.2 Å². The van der Waals surface area contributed by atoms with Gasteiger partial charge in [0.1, 0.15) is 12.6 Å². The molecule has 2 amide bonds. The average Bonchev–Trinajstić information content (AvgIpc) is 3.48. The fourth-order valence-electron chi connectivity index (χ4n) is 6.30. The predicted molar refractivity (Wildman–Crippen MR) is 132 cm³/mol. The van der Waals surface area contributed by atoms with Gasteiger partial charge in [0.05, 0.1) is 6.54 Å². The van der Waals surface area contributed by atoms with Crippen LogP contribution in [0.15, 0.2) is 48.5 Å². The van der Waals surface area contributed by atoms with Gasteiger partial charge in [-0.3, -0.25) is 9.69 Å². The maximum atomic E-state index is 13.7. The first kappa shape index (κ1) is 22.6. The fourth-order valence-corrected chi connectivity index (χ4v) is 7.35. The first-order valence-electron chi connectivity index (χ1n) is 12.1. The maximum absolute atomic E-state index is 13.7. The van der Waals surface area contributed by atoms with E-state index in [1.807, 2.05) is 42.5 Å². The highest BCUT2D eigenvalue weighted by Crippen LogP contribution is 2.48. The number of para-hydroxylation sites is 2. The second kappa shape index (κ2) is 8.65. The van der Waals surface area contributed by atoms with E-state index in [4.69, 9.17) is 4.74 Å². The van der Waals surface area contributed by atoms with Gasteiger partial charge in [-0.2, -0.15) is 9.28 Å². The van der Waals surface area contributed by atoms with Gasteiger partial charge in [-0.05, 0) is 44.1 Å². The van der Waals surface area contributed by atoms with Crippen LogP contribution in [-0.2, 0) is 11.3 Å². The van der Waals surface area contributed by atoms with Crippen molar-refractivity contribution >= 4 is 35.4 Å². The molecule has 1 unspecified atom stereocenters. The van der Waals surface area contributed by atoms with Crippen molar-refractivity contribution in [1.29, 1.82) is 0 Å². The van der Waals surface area contributed by atoms with Gasteiger partial charge in [0, 0.05) is 35.4 Å². The van der Waals surface area contributed by atoms with Gasteiger partial charge in [0.2, 0.25) is 0 Å². The van der Waals surface area contributed by atoms with Crippen molar-refractivity contribution in [2.24, 2.45) is 5.92 Å². The molecule has 9 heteroatoms. The molecule has 5 aliphatic rings. The van der Waals surface area contributed by atoms with Crippen LogP contribution in [0, 0.1) is 5.92 Å². The Hall–Kier alpha value is -2.88. The van der Waals surface area contributed by atoms with Crippen LogP contribution in [0.25, 0.3) is 0 Å². The molecular weight excluding hydrogens is 466 g/mol. The first-order valence-corrected chi connectivity index (χ1v) is 13.2. The van der Waals surface area contributed by atoms with Crippen molar-refractivity contribution in [2.45, 2.75) is 30.8 Å². The van der Waals surface area contributed by atoms with Gasteiger partial charge in [-0.15, -0.1) is 11.8 Å². The van der Waals surface area contributed by atoms with Gasteiger partial charge in [-0.25, -0.2) is 4.79 Å². The van der Waals surface area contributed by atoms with Crippen molar-refractivity contribution in [1.82, 2.24) is 14.3 Å². The monoisotopic (exact) mass is 494 g/mol. The molecule has 3 atom stereocenters. The number of nitrogens with zero attached hydrogens (tertiary/aromatic N) is 3. The Morgan fingerprint density at radius 1 is 1.09 bits per heavy atom. The number of hydrogen-bond donors (Lipinski definition) is 1. The van der Waals surface area contributed by atoms with Crippen LogP contribution in [0.2, 0.25) is 0 Å². The molecule has 2 bridgehead atoms. The zero-order chi connectivity index (χ0) is 24.2. The molecular formula is C26H28N3O5S+. The summed E-state index contributed by atoms with van der Waals surface area (Å²) in [5, 5.41) is 8.64. The van der Waals surface area contributed by atoms with Crippen molar-refractivity contribution in [3.05, 3.63) is 59.7 Å². The lowest BCUT2D eigenvalue weighted by Gasteiger charge is -2.50. The molecule has 4 fully saturated rings. The zero-order valence-electron chi connectivity index (χ0n) is 19.3. The Bertz CT molecular complexity index is 1200. The Balaban J connectivity index is 1.37. The highest BCUT2D eigenvalue weighted by atomic mass is 32.2. The molecule has 4 saturated heterocycles. The molecule has 8 nitrogen and oxygen atoms in total. The zero-order valence-corrected chi connectivity index (χ0v) is 20.2. The van der Waals surface area contributed by atoms with Crippen LogP contribution < -0.4 is 9.22 Å². The molecule has 0 aliphatic carbocycles. The molecule has 0 aromatic heterocycles. The smallest absolute Gasteiger partial charge is 0.479 e. The number of carbonyl (C=O) groups excluding carboxylic acids is 2. The van der Waals surface area contributed by atoms with Crippen LogP contribution in [0.1, 0.15) is 28.8 Å². The summed E-state index contributed by atoms with van der Waals surface area (Å²) in [6.07, 6.45) is 1.88. The van der Waals surface area contributed by atoms with Crippen LogP contribution in [0.5, 0.6) is 5.75 Å². The summed E-state index contributed by atoms with van der Waals surface area (Å²) < 4.78 is 5.93. The third-order valence-electron chi connectivity index (χ3n) is 7.98. The lowest BCUT2D eigenvalue weighted by atomic mass is 9.81. The normalized spacial score (nSPS) is 31.3. The summed E-state index contributed by atoms with van der Waals surface area (Å²) in [6.45, 7) is 3.78. The van der Waals surface area contributed by atoms with Crippen molar-refractivity contribution in [3.63, 3.8) is 0 Å². The number of thioether (sulfide) groups is 1. The van der Waals surface area contributed by atoms with Crippen molar-refractivity contribution < 1.29 is 24.2 Å². The minimum atomic E-state index is -1.000. The summed E-state index contributed by atoms with van der Waals surface area (Å²) in [4.78, 5) is 42.4. The van der Waals surface area contributed by atoms with E-state index in [0.717, 1.165) is 43.7 Å². The van der Waals surface area contributed by atoms with Gasteiger partial charge >= 0.3 is 12.1 Å². The summed E-state index contributed by atoms with van der Waals surface area (Å²) in [5.41, 5.74) is 2.19. The topological polar surface area (TPSA) is 87.2 Å². The number of hydrogen-bond acceptors (Lipinski definition) is 6. The second-order valence-electron chi connectivity index (χ2n) is 9.83. The van der Waals surface area contributed by atoms with E-state index in [0.29, 0.717) is 36.1 Å². The number of quaternary nitrogens is 1. The fraction of sp³-hybridized carbons (Fsp3) is 0.423. The number of ether oxygens (including phenoxy) is 1. The minimum absolute atomic E-state index is 0.0828. The molecule has 0 spiro atoms. The third-order valence-corrected chi connectivity index (χ3v) is 9.17. The Morgan fingerprint density at radius 3 is 2.63 bits per heavy atom. The van der Waals surface area contributed by atoms with Crippen LogP contribution in [0.3, 0.4) is 0 Å². The van der Waals surface area contributed by atoms with E-state index in [2.05, 4.69) is 4.90 Å². The first-order chi connectivity index (χ1) is 17.0. The van der Waals surface area contributed by atoms with E-state index in [1.54, 1.807) is 6.07 Å². The lowest BCUT2D eigenvalue weighted by molar-refractivity contribution is -0.138. The predicted octanol–water partition coefficient (Wildman–Crippen LogP) is 3.40. The van der Waals surface area contributed by atoms with Crippen molar-refractivity contribution in [2.75, 3.05) is 31.9 Å².